The summed E-state index contributed by atoms with van der Waals surface area (Å²) in [5, 5.41) is 0. The fourth-order valence-electron chi connectivity index (χ4n) is 1.65. The summed E-state index contributed by atoms with van der Waals surface area (Å²) < 4.78 is 27.4. The molecule has 131 valence electrons. The number of ether oxygens (including phenoxy) is 5. The van der Waals surface area contributed by atoms with Crippen molar-refractivity contribution in [3.05, 3.63) is 24.3 Å². The van der Waals surface area contributed by atoms with E-state index < -0.39 is 0 Å². The maximum absolute atomic E-state index is 5.63. The zero-order valence-corrected chi connectivity index (χ0v) is 14.5. The Morgan fingerprint density at radius 1 is 0.636 bits per heavy atom. The van der Waals surface area contributed by atoms with E-state index in [9.17, 15) is 0 Å². The van der Waals surface area contributed by atoms with Gasteiger partial charge in [0.1, 0.15) is 13.2 Å². The van der Waals surface area contributed by atoms with E-state index in [1.54, 1.807) is 0 Å². The second kappa shape index (κ2) is 14.4. The van der Waals surface area contributed by atoms with Gasteiger partial charge >= 0.3 is 33.3 Å². The van der Waals surface area contributed by atoms with Crippen molar-refractivity contribution >= 4 is 20.2 Å². The van der Waals surface area contributed by atoms with Crippen LogP contribution in [0.25, 0.3) is 0 Å². The average Bonchev–Trinajstić information content (AvgIpc) is 2.54. The fourth-order valence-corrected chi connectivity index (χ4v) is 1.65. The second-order valence-electron chi connectivity index (χ2n) is 4.02. The Morgan fingerprint density at radius 3 is 1.32 bits per heavy atom. The van der Waals surface area contributed by atoms with Gasteiger partial charge in [-0.25, -0.2) is 0 Å². The third kappa shape index (κ3) is 9.74. The van der Waals surface area contributed by atoms with Crippen LogP contribution in [0.2, 0.25) is 0 Å². The molecule has 2 rings (SSSR count). The summed E-state index contributed by atoms with van der Waals surface area (Å²) in [6.45, 7) is 4.37. The minimum Gasteiger partial charge on any atom is -0.487 e. The van der Waals surface area contributed by atoms with Crippen LogP contribution < -0.4 is 9.47 Å². The summed E-state index contributed by atoms with van der Waals surface area (Å²) in [7, 11) is 9.34. The second-order valence-corrected chi connectivity index (χ2v) is 5.58. The summed E-state index contributed by atoms with van der Waals surface area (Å²) in [6, 6.07) is 7.61. The van der Waals surface area contributed by atoms with Gasteiger partial charge in [-0.05, 0) is 12.1 Å². The molecule has 0 saturated carbocycles. The molecule has 0 bridgehead atoms. The minimum absolute atomic E-state index is 0.497. The molecule has 1 aromatic carbocycles. The van der Waals surface area contributed by atoms with Gasteiger partial charge in [0.05, 0.1) is 39.6 Å². The van der Waals surface area contributed by atoms with E-state index in [0.29, 0.717) is 52.9 Å². The Bertz CT molecular complexity index is 351. The van der Waals surface area contributed by atoms with Crippen LogP contribution in [0.15, 0.2) is 24.3 Å². The van der Waals surface area contributed by atoms with Crippen LogP contribution >= 0.6 is 20.2 Å². The fraction of sp³-hybridized carbons (Fsp3) is 0.571. The first-order valence-corrected chi connectivity index (χ1v) is 9.36. The SMILES string of the molecule is [Cl][Cu][Cl].c1ccc2c(c1)OCCOCCOCCOCCO2. The van der Waals surface area contributed by atoms with Crippen molar-refractivity contribution < 1.29 is 36.8 Å². The van der Waals surface area contributed by atoms with Gasteiger partial charge in [-0.2, -0.15) is 0 Å². The molecular formula is C14H20Cl2CuO5. The molecule has 1 aliphatic rings. The first-order chi connectivity index (χ1) is 10.9. The van der Waals surface area contributed by atoms with Crippen molar-refractivity contribution in [2.45, 2.75) is 0 Å². The minimum atomic E-state index is 0.497. The predicted octanol–water partition coefficient (Wildman–Crippen LogP) is 2.88. The van der Waals surface area contributed by atoms with Crippen LogP contribution in [-0.4, -0.2) is 52.9 Å². The zero-order chi connectivity index (χ0) is 15.9. The maximum Gasteiger partial charge on any atom is 0.161 e. The summed E-state index contributed by atoms with van der Waals surface area (Å²) in [5.41, 5.74) is 0. The van der Waals surface area contributed by atoms with Gasteiger partial charge in [0.2, 0.25) is 0 Å². The van der Waals surface area contributed by atoms with Gasteiger partial charge in [-0.3, -0.25) is 0 Å². The van der Waals surface area contributed by atoms with Gasteiger partial charge in [0.25, 0.3) is 0 Å². The van der Waals surface area contributed by atoms with E-state index in [1.807, 2.05) is 24.3 Å². The van der Waals surface area contributed by atoms with E-state index >= 15 is 0 Å². The van der Waals surface area contributed by atoms with Crippen LogP contribution in [-0.2, 0) is 27.3 Å². The number of benzene rings is 1. The first-order valence-electron chi connectivity index (χ1n) is 6.77. The van der Waals surface area contributed by atoms with Gasteiger partial charge in [-0.15, -0.1) is 0 Å². The molecule has 0 aliphatic carbocycles. The first kappa shape index (κ1) is 19.8. The Morgan fingerprint density at radius 2 is 0.955 bits per heavy atom. The van der Waals surface area contributed by atoms with Gasteiger partial charge in [0.15, 0.2) is 11.5 Å². The molecule has 0 atom stereocenters. The van der Waals surface area contributed by atoms with Crippen LogP contribution in [0.4, 0.5) is 0 Å². The maximum atomic E-state index is 5.63. The molecule has 0 radical (unpaired) electrons. The van der Waals surface area contributed by atoms with Crippen LogP contribution in [0, 0.1) is 0 Å². The average molecular weight is 403 g/mol. The normalized spacial score (nSPS) is 17.5. The number of para-hydroxylation sites is 2. The standard InChI is InChI=1S/C14H20O5.2ClH.Cu/c1-2-4-14-13(3-1)18-11-9-16-7-5-15-6-8-17-10-12-19-14;;;/h1-4H,5-12H2;2*1H;/q;;;+2/p-2. The molecule has 0 fully saturated rings. The smallest absolute Gasteiger partial charge is 0.161 e. The van der Waals surface area contributed by atoms with Crippen LogP contribution in [0.1, 0.15) is 0 Å². The summed E-state index contributed by atoms with van der Waals surface area (Å²) in [4.78, 5) is 0. The van der Waals surface area contributed by atoms with E-state index in [1.165, 1.54) is 0 Å². The molecule has 1 aromatic rings. The monoisotopic (exact) mass is 401 g/mol. The molecule has 1 heterocycles. The number of fused-ring (bicyclic) bond motifs is 1. The zero-order valence-electron chi connectivity index (χ0n) is 12.1. The Kier molecular flexibility index (Phi) is 13.0. The quantitative estimate of drug-likeness (QED) is 0.624. The van der Waals surface area contributed by atoms with Crippen LogP contribution in [0.5, 0.6) is 11.5 Å². The van der Waals surface area contributed by atoms with E-state index in [-0.39, 0.29) is 0 Å². The van der Waals surface area contributed by atoms with E-state index in [4.69, 9.17) is 23.7 Å². The van der Waals surface area contributed by atoms with Gasteiger partial charge < -0.3 is 23.7 Å². The number of halogens is 2. The van der Waals surface area contributed by atoms with Crippen molar-refractivity contribution in [3.8, 4) is 11.5 Å². The molecule has 0 amide bonds. The largest absolute Gasteiger partial charge is 0.487 e. The van der Waals surface area contributed by atoms with Crippen molar-refractivity contribution in [2.75, 3.05) is 52.9 Å². The molecule has 22 heavy (non-hydrogen) atoms. The van der Waals surface area contributed by atoms with Crippen molar-refractivity contribution in [1.82, 2.24) is 0 Å². The molecule has 0 N–H and O–H groups in total. The van der Waals surface area contributed by atoms with Crippen LogP contribution in [0.3, 0.4) is 0 Å². The Hall–Kier alpha value is -0.201. The van der Waals surface area contributed by atoms with Gasteiger partial charge in [-0.1, -0.05) is 12.1 Å². The van der Waals surface area contributed by atoms with Crippen molar-refractivity contribution in [2.24, 2.45) is 0 Å². The number of rotatable bonds is 0. The predicted molar refractivity (Wildman–Crippen MR) is 81.6 cm³/mol. The number of hydrogen-bond donors (Lipinski definition) is 0. The third-order valence-electron chi connectivity index (χ3n) is 2.56. The molecule has 0 saturated heterocycles. The summed E-state index contributed by atoms with van der Waals surface area (Å²) in [6.07, 6.45) is 0. The summed E-state index contributed by atoms with van der Waals surface area (Å²) >= 11 is 0.757. The molecule has 0 aromatic heterocycles. The van der Waals surface area contributed by atoms with E-state index in [0.717, 1.165) is 24.6 Å². The Labute approximate surface area is 145 Å². The third-order valence-corrected chi connectivity index (χ3v) is 2.56. The number of hydrogen-bond acceptors (Lipinski definition) is 5. The molecule has 0 unspecified atom stereocenters. The Balaban J connectivity index is 0.000000745. The molecule has 0 spiro atoms. The summed E-state index contributed by atoms with van der Waals surface area (Å²) in [5.74, 6) is 1.47. The molecular weight excluding hydrogens is 383 g/mol. The van der Waals surface area contributed by atoms with Gasteiger partial charge in [0, 0.05) is 0 Å². The van der Waals surface area contributed by atoms with Crippen molar-refractivity contribution in [1.29, 1.82) is 0 Å². The van der Waals surface area contributed by atoms with Crippen molar-refractivity contribution in [3.63, 3.8) is 0 Å². The molecule has 5 nitrogen and oxygen atoms in total. The van der Waals surface area contributed by atoms with E-state index in [2.05, 4.69) is 20.2 Å². The topological polar surface area (TPSA) is 46.2 Å². The molecule has 1 aliphatic heterocycles. The molecule has 8 heteroatoms.